The highest BCUT2D eigenvalue weighted by molar-refractivity contribution is 6.12. The second-order valence-corrected chi connectivity index (χ2v) is 8.46. The number of benzene rings is 3. The zero-order valence-electron chi connectivity index (χ0n) is 20.7. The standard InChI is InChI=1S/C30H30N2O4/c1-3-22-9-12-26(13-10-22)35-17-6-18-36-28-14-11-23(20-29(28)34-2)19-25(21-31)30(33)32-16-15-24-7-4-5-8-27(24)32/h4-5,7-14,19-20H,3,6,15-18H2,1-2H3. The summed E-state index contributed by atoms with van der Waals surface area (Å²) in [5, 5.41) is 9.69. The lowest BCUT2D eigenvalue weighted by molar-refractivity contribution is -0.114. The van der Waals surface area contributed by atoms with Crippen LogP contribution in [0.5, 0.6) is 17.2 Å². The van der Waals surface area contributed by atoms with E-state index in [-0.39, 0.29) is 11.5 Å². The van der Waals surface area contributed by atoms with Crippen LogP contribution in [0.1, 0.15) is 30.0 Å². The van der Waals surface area contributed by atoms with Gasteiger partial charge in [-0.2, -0.15) is 5.26 Å². The Morgan fingerprint density at radius 2 is 1.81 bits per heavy atom. The first kappa shape index (κ1) is 24.9. The fourth-order valence-corrected chi connectivity index (χ4v) is 4.15. The monoisotopic (exact) mass is 482 g/mol. The van der Waals surface area contributed by atoms with Gasteiger partial charge in [-0.25, -0.2) is 0 Å². The van der Waals surface area contributed by atoms with Crippen molar-refractivity contribution in [2.75, 3.05) is 31.8 Å². The fourth-order valence-electron chi connectivity index (χ4n) is 4.15. The number of nitrogens with zero attached hydrogens (tertiary/aromatic N) is 2. The molecule has 6 heteroatoms. The Labute approximate surface area is 212 Å². The van der Waals surface area contributed by atoms with Crippen molar-refractivity contribution in [1.29, 1.82) is 5.26 Å². The smallest absolute Gasteiger partial charge is 0.268 e. The number of hydrogen-bond donors (Lipinski definition) is 0. The van der Waals surface area contributed by atoms with E-state index in [2.05, 4.69) is 25.1 Å². The lowest BCUT2D eigenvalue weighted by Crippen LogP contribution is -2.29. The van der Waals surface area contributed by atoms with E-state index < -0.39 is 0 Å². The van der Waals surface area contributed by atoms with Crippen LogP contribution in [0.4, 0.5) is 5.69 Å². The van der Waals surface area contributed by atoms with Gasteiger partial charge in [0.2, 0.25) is 0 Å². The predicted octanol–water partition coefficient (Wildman–Crippen LogP) is 5.60. The van der Waals surface area contributed by atoms with Gasteiger partial charge in [0.05, 0.1) is 20.3 Å². The van der Waals surface area contributed by atoms with Crippen LogP contribution in [0.25, 0.3) is 6.08 Å². The lowest BCUT2D eigenvalue weighted by Gasteiger charge is -2.16. The van der Waals surface area contributed by atoms with Crippen LogP contribution in [0.3, 0.4) is 0 Å². The summed E-state index contributed by atoms with van der Waals surface area (Å²) in [6, 6.07) is 23.3. The summed E-state index contributed by atoms with van der Waals surface area (Å²) in [4.78, 5) is 14.7. The van der Waals surface area contributed by atoms with Crippen LogP contribution in [0.2, 0.25) is 0 Å². The van der Waals surface area contributed by atoms with Crippen LogP contribution in [-0.2, 0) is 17.6 Å². The Morgan fingerprint density at radius 1 is 1.03 bits per heavy atom. The zero-order chi connectivity index (χ0) is 25.3. The van der Waals surface area contributed by atoms with Crippen molar-refractivity contribution in [3.05, 3.63) is 89.0 Å². The molecule has 3 aromatic rings. The molecule has 1 heterocycles. The maximum atomic E-state index is 13.1. The number of fused-ring (bicyclic) bond motifs is 1. The van der Waals surface area contributed by atoms with Crippen LogP contribution in [-0.4, -0.2) is 32.8 Å². The zero-order valence-corrected chi connectivity index (χ0v) is 20.7. The van der Waals surface area contributed by atoms with Gasteiger partial charge < -0.3 is 19.1 Å². The highest BCUT2D eigenvalue weighted by Crippen LogP contribution is 2.31. The van der Waals surface area contributed by atoms with Gasteiger partial charge in [-0.3, -0.25) is 4.79 Å². The number of anilines is 1. The first-order chi connectivity index (χ1) is 17.6. The number of ether oxygens (including phenoxy) is 3. The molecule has 0 spiro atoms. The first-order valence-corrected chi connectivity index (χ1v) is 12.2. The van der Waals surface area contributed by atoms with Crippen molar-refractivity contribution in [3.8, 4) is 23.3 Å². The Bertz CT molecular complexity index is 1270. The molecule has 4 rings (SSSR count). The van der Waals surface area contributed by atoms with Crippen molar-refractivity contribution in [3.63, 3.8) is 0 Å². The van der Waals surface area contributed by atoms with Crippen LogP contribution in [0.15, 0.2) is 72.3 Å². The number of nitriles is 1. The molecule has 3 aromatic carbocycles. The van der Waals surface area contributed by atoms with E-state index in [1.54, 1.807) is 30.2 Å². The average Bonchev–Trinajstić information content (AvgIpc) is 3.36. The number of aryl methyl sites for hydroxylation is 1. The molecule has 0 unspecified atom stereocenters. The van der Waals surface area contributed by atoms with Gasteiger partial charge in [-0.1, -0.05) is 43.3 Å². The summed E-state index contributed by atoms with van der Waals surface area (Å²) in [6.07, 6.45) is 4.10. The number of hydrogen-bond acceptors (Lipinski definition) is 5. The second kappa shape index (κ2) is 11.9. The van der Waals surface area contributed by atoms with E-state index in [1.807, 2.05) is 42.5 Å². The quantitative estimate of drug-likeness (QED) is 0.214. The number of carbonyl (C=O) groups excluding carboxylic acids is 1. The number of carbonyl (C=O) groups is 1. The molecule has 0 aliphatic carbocycles. The lowest BCUT2D eigenvalue weighted by atomic mass is 10.1. The summed E-state index contributed by atoms with van der Waals surface area (Å²) in [5.74, 6) is 1.68. The Balaban J connectivity index is 1.35. The highest BCUT2D eigenvalue weighted by atomic mass is 16.5. The van der Waals surface area contributed by atoms with E-state index in [9.17, 15) is 10.1 Å². The summed E-state index contributed by atoms with van der Waals surface area (Å²) >= 11 is 0. The molecule has 6 nitrogen and oxygen atoms in total. The van der Waals surface area contributed by atoms with Crippen LogP contribution < -0.4 is 19.1 Å². The molecule has 0 radical (unpaired) electrons. The Morgan fingerprint density at radius 3 is 2.56 bits per heavy atom. The summed E-state index contributed by atoms with van der Waals surface area (Å²) in [7, 11) is 1.57. The van der Waals surface area contributed by atoms with Gasteiger partial charge in [-0.15, -0.1) is 0 Å². The molecule has 0 fully saturated rings. The number of rotatable bonds is 10. The molecule has 0 aromatic heterocycles. The van der Waals surface area contributed by atoms with Crippen molar-refractivity contribution in [1.82, 2.24) is 0 Å². The van der Waals surface area contributed by atoms with Crippen LogP contribution in [0, 0.1) is 11.3 Å². The second-order valence-electron chi connectivity index (χ2n) is 8.46. The third-order valence-electron chi connectivity index (χ3n) is 6.13. The Hall–Kier alpha value is -4.24. The molecular formula is C30H30N2O4. The highest BCUT2D eigenvalue weighted by Gasteiger charge is 2.26. The summed E-state index contributed by atoms with van der Waals surface area (Å²) < 4.78 is 17.2. The maximum absolute atomic E-state index is 13.1. The topological polar surface area (TPSA) is 71.8 Å². The fraction of sp³-hybridized carbons (Fsp3) is 0.267. The molecule has 0 atom stereocenters. The number of amides is 1. The summed E-state index contributed by atoms with van der Waals surface area (Å²) in [6.45, 7) is 3.71. The van der Waals surface area contributed by atoms with Crippen molar-refractivity contribution in [2.45, 2.75) is 26.2 Å². The van der Waals surface area contributed by atoms with Crippen LogP contribution >= 0.6 is 0 Å². The molecule has 184 valence electrons. The van der Waals surface area contributed by atoms with E-state index in [1.165, 1.54) is 5.56 Å². The minimum absolute atomic E-state index is 0.0755. The van der Waals surface area contributed by atoms with Crippen molar-refractivity contribution < 1.29 is 19.0 Å². The third-order valence-corrected chi connectivity index (χ3v) is 6.13. The molecular weight excluding hydrogens is 452 g/mol. The first-order valence-electron chi connectivity index (χ1n) is 12.2. The minimum Gasteiger partial charge on any atom is -0.493 e. The predicted molar refractivity (Wildman–Crippen MR) is 141 cm³/mol. The third kappa shape index (κ3) is 5.87. The van der Waals surface area contributed by atoms with Crippen molar-refractivity contribution in [2.24, 2.45) is 0 Å². The molecule has 1 amide bonds. The van der Waals surface area contributed by atoms with Gasteiger partial charge in [0.1, 0.15) is 17.4 Å². The van der Waals surface area contributed by atoms with E-state index in [0.29, 0.717) is 43.2 Å². The number of methoxy groups -OCH3 is 1. The molecule has 36 heavy (non-hydrogen) atoms. The minimum atomic E-state index is -0.300. The molecule has 0 N–H and O–H groups in total. The van der Waals surface area contributed by atoms with E-state index in [4.69, 9.17) is 14.2 Å². The molecule has 1 aliphatic heterocycles. The van der Waals surface area contributed by atoms with Gasteiger partial charge in [0, 0.05) is 18.7 Å². The Kier molecular flexibility index (Phi) is 8.25. The van der Waals surface area contributed by atoms with E-state index in [0.717, 1.165) is 29.8 Å². The normalized spacial score (nSPS) is 12.6. The molecule has 0 saturated heterocycles. The molecule has 0 saturated carbocycles. The largest absolute Gasteiger partial charge is 0.493 e. The van der Waals surface area contributed by atoms with Gasteiger partial charge in [0.15, 0.2) is 11.5 Å². The van der Waals surface area contributed by atoms with E-state index >= 15 is 0 Å². The SMILES string of the molecule is CCc1ccc(OCCCOc2ccc(C=C(C#N)C(=O)N3CCc4ccccc43)cc2OC)cc1. The molecule has 0 bridgehead atoms. The van der Waals surface area contributed by atoms with Gasteiger partial charge in [-0.05, 0) is 65.9 Å². The van der Waals surface area contributed by atoms with Crippen molar-refractivity contribution >= 4 is 17.7 Å². The molecule has 1 aliphatic rings. The summed E-state index contributed by atoms with van der Waals surface area (Å²) in [5.41, 5.74) is 4.03. The maximum Gasteiger partial charge on any atom is 0.268 e. The average molecular weight is 483 g/mol. The number of para-hydroxylation sites is 1. The van der Waals surface area contributed by atoms with Gasteiger partial charge >= 0.3 is 0 Å². The van der Waals surface area contributed by atoms with Gasteiger partial charge in [0.25, 0.3) is 5.91 Å².